The average molecular weight is 258 g/mol. The van der Waals surface area contributed by atoms with Crippen LogP contribution in [0, 0.1) is 5.92 Å². The summed E-state index contributed by atoms with van der Waals surface area (Å²) in [7, 11) is 1.58. The highest BCUT2D eigenvalue weighted by Gasteiger charge is 2.09. The molecule has 1 rings (SSSR count). The molecule has 0 amide bonds. The first-order chi connectivity index (χ1) is 8.02. The maximum Gasteiger partial charge on any atom is 0.303 e. The van der Waals surface area contributed by atoms with Crippen molar-refractivity contribution in [2.24, 2.45) is 5.92 Å². The lowest BCUT2D eigenvalue weighted by Crippen LogP contribution is -2.15. The number of aliphatic carboxylic acids is 1. The first kappa shape index (κ1) is 13.6. The van der Waals surface area contributed by atoms with Gasteiger partial charge in [0, 0.05) is 18.0 Å². The number of hydrogen-bond donors (Lipinski definition) is 2. The maximum atomic E-state index is 10.5. The first-order valence-electron chi connectivity index (χ1n) is 5.32. The number of methoxy groups -OCH3 is 1. The SMILES string of the molecule is COc1ccc(Cl)cc1NCC(C)CC(=O)O. The third-order valence-electron chi connectivity index (χ3n) is 2.33. The quantitative estimate of drug-likeness (QED) is 0.823. The third kappa shape index (κ3) is 4.53. The average Bonchev–Trinajstić information content (AvgIpc) is 2.25. The molecular formula is C12H16ClNO3. The summed E-state index contributed by atoms with van der Waals surface area (Å²) in [5.41, 5.74) is 0.775. The summed E-state index contributed by atoms with van der Waals surface area (Å²) < 4.78 is 5.18. The van der Waals surface area contributed by atoms with Crippen LogP contribution in [0.4, 0.5) is 5.69 Å². The Bertz CT molecular complexity index is 395. The molecule has 0 bridgehead atoms. The summed E-state index contributed by atoms with van der Waals surface area (Å²) in [6, 6.07) is 5.27. The lowest BCUT2D eigenvalue weighted by molar-refractivity contribution is -0.137. The molecule has 0 aliphatic heterocycles. The third-order valence-corrected chi connectivity index (χ3v) is 2.56. The largest absolute Gasteiger partial charge is 0.495 e. The van der Waals surface area contributed by atoms with Crippen LogP contribution in [-0.4, -0.2) is 24.7 Å². The molecule has 0 radical (unpaired) electrons. The summed E-state index contributed by atoms with van der Waals surface area (Å²) in [4.78, 5) is 10.5. The van der Waals surface area contributed by atoms with Gasteiger partial charge in [0.2, 0.25) is 0 Å². The zero-order valence-electron chi connectivity index (χ0n) is 9.87. The number of ether oxygens (including phenoxy) is 1. The summed E-state index contributed by atoms with van der Waals surface area (Å²) in [6.45, 7) is 2.43. The van der Waals surface area contributed by atoms with Crippen molar-refractivity contribution in [2.45, 2.75) is 13.3 Å². The Balaban J connectivity index is 2.61. The van der Waals surface area contributed by atoms with Gasteiger partial charge in [-0.1, -0.05) is 18.5 Å². The van der Waals surface area contributed by atoms with E-state index in [1.807, 2.05) is 6.92 Å². The van der Waals surface area contributed by atoms with Gasteiger partial charge in [-0.3, -0.25) is 4.79 Å². The second kappa shape index (κ2) is 6.35. The van der Waals surface area contributed by atoms with Gasteiger partial charge >= 0.3 is 5.97 Å². The van der Waals surface area contributed by atoms with Crippen LogP contribution in [-0.2, 0) is 4.79 Å². The standard InChI is InChI=1S/C12H16ClNO3/c1-8(5-12(15)16)7-14-10-6-9(13)3-4-11(10)17-2/h3-4,6,8,14H,5,7H2,1-2H3,(H,15,16). The van der Waals surface area contributed by atoms with Crippen LogP contribution >= 0.6 is 11.6 Å². The first-order valence-corrected chi connectivity index (χ1v) is 5.70. The van der Waals surface area contributed by atoms with E-state index in [1.165, 1.54) is 0 Å². The molecule has 5 heteroatoms. The second-order valence-corrected chi connectivity index (χ2v) is 4.36. The van der Waals surface area contributed by atoms with Gasteiger partial charge in [-0.2, -0.15) is 0 Å². The number of carboxylic acid groups (broad SMARTS) is 1. The van der Waals surface area contributed by atoms with Crippen molar-refractivity contribution in [1.82, 2.24) is 0 Å². The van der Waals surface area contributed by atoms with Gasteiger partial charge in [0.05, 0.1) is 12.8 Å². The van der Waals surface area contributed by atoms with Gasteiger partial charge in [0.25, 0.3) is 0 Å². The molecule has 0 heterocycles. The maximum absolute atomic E-state index is 10.5. The Hall–Kier alpha value is -1.42. The minimum absolute atomic E-state index is 0.0381. The lowest BCUT2D eigenvalue weighted by atomic mass is 10.1. The summed E-state index contributed by atoms with van der Waals surface area (Å²) in [6.07, 6.45) is 0.135. The van der Waals surface area contributed by atoms with Crippen molar-refractivity contribution in [3.63, 3.8) is 0 Å². The van der Waals surface area contributed by atoms with E-state index >= 15 is 0 Å². The Labute approximate surface area is 106 Å². The van der Waals surface area contributed by atoms with Gasteiger partial charge < -0.3 is 15.2 Å². The summed E-state index contributed by atoms with van der Waals surface area (Å²) >= 11 is 5.88. The molecule has 1 aromatic carbocycles. The molecule has 0 aromatic heterocycles. The van der Waals surface area contributed by atoms with E-state index in [-0.39, 0.29) is 12.3 Å². The van der Waals surface area contributed by atoms with E-state index in [2.05, 4.69) is 5.32 Å². The number of hydrogen-bond acceptors (Lipinski definition) is 3. The molecule has 0 spiro atoms. The minimum atomic E-state index is -0.794. The fraction of sp³-hybridized carbons (Fsp3) is 0.417. The van der Waals surface area contributed by atoms with Gasteiger partial charge in [0.1, 0.15) is 5.75 Å². The Morgan fingerprint density at radius 1 is 1.59 bits per heavy atom. The van der Waals surface area contributed by atoms with Crippen LogP contribution in [0.5, 0.6) is 5.75 Å². The number of rotatable bonds is 6. The highest BCUT2D eigenvalue weighted by Crippen LogP contribution is 2.27. The molecule has 1 aromatic rings. The fourth-order valence-corrected chi connectivity index (χ4v) is 1.64. The molecule has 17 heavy (non-hydrogen) atoms. The van der Waals surface area contributed by atoms with Crippen LogP contribution in [0.25, 0.3) is 0 Å². The second-order valence-electron chi connectivity index (χ2n) is 3.93. The normalized spacial score (nSPS) is 11.9. The summed E-state index contributed by atoms with van der Waals surface area (Å²) in [5, 5.41) is 12.4. The molecule has 1 unspecified atom stereocenters. The predicted octanol–water partition coefficient (Wildman–Crippen LogP) is 2.87. The molecule has 2 N–H and O–H groups in total. The molecule has 0 saturated carbocycles. The predicted molar refractivity (Wildman–Crippen MR) is 67.9 cm³/mol. The van der Waals surface area contributed by atoms with Crippen molar-refractivity contribution in [1.29, 1.82) is 0 Å². The number of halogens is 1. The van der Waals surface area contributed by atoms with Crippen molar-refractivity contribution in [2.75, 3.05) is 19.0 Å². The Morgan fingerprint density at radius 2 is 2.29 bits per heavy atom. The summed E-state index contributed by atoms with van der Waals surface area (Å²) in [5.74, 6) is -0.0644. The molecule has 4 nitrogen and oxygen atoms in total. The topological polar surface area (TPSA) is 58.6 Å². The van der Waals surface area contributed by atoms with Crippen molar-refractivity contribution < 1.29 is 14.6 Å². The van der Waals surface area contributed by atoms with Crippen LogP contribution in [0.1, 0.15) is 13.3 Å². The van der Waals surface area contributed by atoms with Gasteiger partial charge in [-0.05, 0) is 24.1 Å². The fourth-order valence-electron chi connectivity index (χ4n) is 1.47. The van der Waals surface area contributed by atoms with Gasteiger partial charge in [-0.25, -0.2) is 0 Å². The molecule has 0 fully saturated rings. The highest BCUT2D eigenvalue weighted by atomic mass is 35.5. The van der Waals surface area contributed by atoms with Gasteiger partial charge in [0.15, 0.2) is 0 Å². The van der Waals surface area contributed by atoms with Crippen molar-refractivity contribution in [3.8, 4) is 5.75 Å². The van der Waals surface area contributed by atoms with E-state index < -0.39 is 5.97 Å². The number of carboxylic acids is 1. The van der Waals surface area contributed by atoms with Crippen molar-refractivity contribution >= 4 is 23.3 Å². The molecule has 94 valence electrons. The van der Waals surface area contributed by atoms with Crippen LogP contribution < -0.4 is 10.1 Å². The molecular weight excluding hydrogens is 242 g/mol. The Morgan fingerprint density at radius 3 is 2.88 bits per heavy atom. The van der Waals surface area contributed by atoms with E-state index in [9.17, 15) is 4.79 Å². The minimum Gasteiger partial charge on any atom is -0.495 e. The van der Waals surface area contributed by atoms with E-state index in [0.29, 0.717) is 17.3 Å². The zero-order chi connectivity index (χ0) is 12.8. The lowest BCUT2D eigenvalue weighted by Gasteiger charge is -2.14. The number of nitrogens with one attached hydrogen (secondary N) is 1. The molecule has 1 atom stereocenters. The number of carbonyl (C=O) groups is 1. The molecule has 0 aliphatic carbocycles. The van der Waals surface area contributed by atoms with Crippen LogP contribution in [0.15, 0.2) is 18.2 Å². The van der Waals surface area contributed by atoms with E-state index in [0.717, 1.165) is 5.69 Å². The van der Waals surface area contributed by atoms with E-state index in [4.69, 9.17) is 21.4 Å². The smallest absolute Gasteiger partial charge is 0.303 e. The number of benzene rings is 1. The van der Waals surface area contributed by atoms with E-state index in [1.54, 1.807) is 25.3 Å². The molecule has 0 aliphatic rings. The zero-order valence-corrected chi connectivity index (χ0v) is 10.6. The van der Waals surface area contributed by atoms with Crippen molar-refractivity contribution in [3.05, 3.63) is 23.2 Å². The monoisotopic (exact) mass is 257 g/mol. The van der Waals surface area contributed by atoms with Gasteiger partial charge in [-0.15, -0.1) is 0 Å². The number of anilines is 1. The molecule has 0 saturated heterocycles. The van der Waals surface area contributed by atoms with Crippen LogP contribution in [0.2, 0.25) is 5.02 Å². The van der Waals surface area contributed by atoms with Crippen LogP contribution in [0.3, 0.4) is 0 Å². The Kier molecular flexibility index (Phi) is 5.10. The highest BCUT2D eigenvalue weighted by molar-refractivity contribution is 6.30.